The van der Waals surface area contributed by atoms with Crippen molar-refractivity contribution in [1.82, 2.24) is 10.2 Å². The number of nitrogens with one attached hydrogen (secondary N) is 1. The number of nitrogens with zero attached hydrogens (tertiary/aromatic N) is 2. The quantitative estimate of drug-likeness (QED) is 0.736. The summed E-state index contributed by atoms with van der Waals surface area (Å²) >= 11 is 0. The highest BCUT2D eigenvalue weighted by Gasteiger charge is 2.06. The first-order chi connectivity index (χ1) is 9.15. The summed E-state index contributed by atoms with van der Waals surface area (Å²) in [5, 5.41) is 11.6. The fourth-order valence-electron chi connectivity index (χ4n) is 1.70. The van der Waals surface area contributed by atoms with E-state index in [0.29, 0.717) is 31.8 Å². The molecule has 1 aromatic carbocycles. The molecule has 0 fully saturated rings. The fourth-order valence-corrected chi connectivity index (χ4v) is 1.70. The highest BCUT2D eigenvalue weighted by atomic mass is 16.5. The van der Waals surface area contributed by atoms with Crippen molar-refractivity contribution in [2.45, 2.75) is 6.54 Å². The van der Waals surface area contributed by atoms with Crippen LogP contribution in [-0.2, 0) is 16.1 Å². The first-order valence-electron chi connectivity index (χ1n) is 6.09. The van der Waals surface area contributed by atoms with E-state index >= 15 is 0 Å². The smallest absolute Gasteiger partial charge is 0.234 e. The van der Waals surface area contributed by atoms with E-state index in [4.69, 9.17) is 10.00 Å². The van der Waals surface area contributed by atoms with Gasteiger partial charge in [-0.3, -0.25) is 9.69 Å². The second-order valence-electron chi connectivity index (χ2n) is 4.33. The average Bonchev–Trinajstić information content (AvgIpc) is 2.39. The second kappa shape index (κ2) is 8.25. The summed E-state index contributed by atoms with van der Waals surface area (Å²) in [5.41, 5.74) is 1.65. The molecule has 1 aromatic rings. The molecule has 0 spiro atoms. The van der Waals surface area contributed by atoms with Crippen molar-refractivity contribution >= 4 is 5.91 Å². The third-order valence-electron chi connectivity index (χ3n) is 2.55. The molecule has 1 N–H and O–H groups in total. The standard InChI is InChI=1S/C14H19N3O2/c1-17(11-14(18)16-6-7-19-2)10-13-5-3-4-12(8-13)9-15/h3-5,8H,6-7,10-11H2,1-2H3,(H,16,18). The number of methoxy groups -OCH3 is 1. The zero-order chi connectivity index (χ0) is 14.1. The Morgan fingerprint density at radius 2 is 2.32 bits per heavy atom. The van der Waals surface area contributed by atoms with Gasteiger partial charge in [-0.15, -0.1) is 0 Å². The molecule has 5 nitrogen and oxygen atoms in total. The van der Waals surface area contributed by atoms with Crippen molar-refractivity contribution < 1.29 is 9.53 Å². The topological polar surface area (TPSA) is 65.4 Å². The van der Waals surface area contributed by atoms with Gasteiger partial charge in [-0.25, -0.2) is 0 Å². The number of rotatable bonds is 7. The van der Waals surface area contributed by atoms with Gasteiger partial charge < -0.3 is 10.1 Å². The first kappa shape index (κ1) is 15.2. The lowest BCUT2D eigenvalue weighted by Crippen LogP contribution is -2.36. The van der Waals surface area contributed by atoms with Crippen LogP contribution in [0.4, 0.5) is 0 Å². The van der Waals surface area contributed by atoms with Gasteiger partial charge in [0.1, 0.15) is 0 Å². The molecule has 0 aromatic heterocycles. The number of nitriles is 1. The molecule has 0 unspecified atom stereocenters. The number of carbonyl (C=O) groups is 1. The van der Waals surface area contributed by atoms with Crippen molar-refractivity contribution in [2.24, 2.45) is 0 Å². The monoisotopic (exact) mass is 261 g/mol. The van der Waals surface area contributed by atoms with Gasteiger partial charge in [0.15, 0.2) is 0 Å². The molecule has 0 radical (unpaired) electrons. The van der Waals surface area contributed by atoms with E-state index in [9.17, 15) is 4.79 Å². The number of hydrogen-bond acceptors (Lipinski definition) is 4. The fraction of sp³-hybridized carbons (Fsp3) is 0.429. The van der Waals surface area contributed by atoms with E-state index in [1.165, 1.54) is 0 Å². The molecule has 0 heterocycles. The van der Waals surface area contributed by atoms with Crippen LogP contribution in [-0.4, -0.2) is 44.7 Å². The Morgan fingerprint density at radius 1 is 1.53 bits per heavy atom. The molecule has 0 saturated carbocycles. The Balaban J connectivity index is 2.40. The Morgan fingerprint density at radius 3 is 3.00 bits per heavy atom. The maximum absolute atomic E-state index is 11.6. The van der Waals surface area contributed by atoms with Gasteiger partial charge in [-0.05, 0) is 24.7 Å². The molecule has 0 aliphatic rings. The summed E-state index contributed by atoms with van der Waals surface area (Å²) in [6, 6.07) is 9.49. The van der Waals surface area contributed by atoms with Gasteiger partial charge in [0.05, 0.1) is 24.8 Å². The Hall–Kier alpha value is -1.90. The van der Waals surface area contributed by atoms with Crippen LogP contribution >= 0.6 is 0 Å². The Bertz CT molecular complexity index is 454. The van der Waals surface area contributed by atoms with Gasteiger partial charge in [0.2, 0.25) is 5.91 Å². The molecule has 19 heavy (non-hydrogen) atoms. The van der Waals surface area contributed by atoms with Crippen LogP contribution in [0.2, 0.25) is 0 Å². The van der Waals surface area contributed by atoms with E-state index in [2.05, 4.69) is 11.4 Å². The lowest BCUT2D eigenvalue weighted by Gasteiger charge is -2.16. The minimum Gasteiger partial charge on any atom is -0.383 e. The number of hydrogen-bond donors (Lipinski definition) is 1. The van der Waals surface area contributed by atoms with E-state index in [-0.39, 0.29) is 5.91 Å². The maximum atomic E-state index is 11.6. The van der Waals surface area contributed by atoms with Gasteiger partial charge in [-0.1, -0.05) is 12.1 Å². The van der Waals surface area contributed by atoms with Crippen LogP contribution in [0.15, 0.2) is 24.3 Å². The van der Waals surface area contributed by atoms with Crippen molar-refractivity contribution in [3.63, 3.8) is 0 Å². The van der Waals surface area contributed by atoms with Gasteiger partial charge >= 0.3 is 0 Å². The number of benzene rings is 1. The minimum atomic E-state index is -0.0315. The molecule has 0 bridgehead atoms. The van der Waals surface area contributed by atoms with Crippen molar-refractivity contribution in [3.8, 4) is 6.07 Å². The third-order valence-corrected chi connectivity index (χ3v) is 2.55. The molecule has 0 saturated heterocycles. The summed E-state index contributed by atoms with van der Waals surface area (Å²) in [5.74, 6) is -0.0315. The summed E-state index contributed by atoms with van der Waals surface area (Å²) < 4.78 is 4.86. The number of likely N-dealkylation sites (N-methyl/N-ethyl adjacent to an activating group) is 1. The Kier molecular flexibility index (Phi) is 6.58. The maximum Gasteiger partial charge on any atom is 0.234 e. The largest absolute Gasteiger partial charge is 0.383 e. The predicted octanol–water partition coefficient (Wildman–Crippen LogP) is 0.753. The molecule has 5 heteroatoms. The summed E-state index contributed by atoms with van der Waals surface area (Å²) in [7, 11) is 3.47. The molecular formula is C14H19N3O2. The normalized spacial score (nSPS) is 10.2. The van der Waals surface area contributed by atoms with E-state index in [1.807, 2.05) is 30.1 Å². The lowest BCUT2D eigenvalue weighted by molar-refractivity contribution is -0.122. The van der Waals surface area contributed by atoms with Crippen molar-refractivity contribution in [1.29, 1.82) is 5.26 Å². The van der Waals surface area contributed by atoms with Crippen LogP contribution in [0, 0.1) is 11.3 Å². The molecule has 0 atom stereocenters. The molecule has 0 aliphatic carbocycles. The van der Waals surface area contributed by atoms with Gasteiger partial charge in [-0.2, -0.15) is 5.26 Å². The number of carbonyl (C=O) groups excluding carboxylic acids is 1. The number of ether oxygens (including phenoxy) is 1. The third kappa shape index (κ3) is 6.00. The molecular weight excluding hydrogens is 242 g/mol. The van der Waals surface area contributed by atoms with Crippen LogP contribution in [0.3, 0.4) is 0 Å². The van der Waals surface area contributed by atoms with E-state index < -0.39 is 0 Å². The first-order valence-corrected chi connectivity index (χ1v) is 6.09. The van der Waals surface area contributed by atoms with Crippen LogP contribution in [0.5, 0.6) is 0 Å². The molecule has 102 valence electrons. The van der Waals surface area contributed by atoms with Crippen LogP contribution < -0.4 is 5.32 Å². The Labute approximate surface area is 113 Å². The van der Waals surface area contributed by atoms with Crippen LogP contribution in [0.25, 0.3) is 0 Å². The van der Waals surface area contributed by atoms with E-state index in [0.717, 1.165) is 5.56 Å². The average molecular weight is 261 g/mol. The molecule has 1 rings (SSSR count). The minimum absolute atomic E-state index is 0.0315. The summed E-state index contributed by atoms with van der Waals surface area (Å²) in [6.07, 6.45) is 0. The summed E-state index contributed by atoms with van der Waals surface area (Å²) in [4.78, 5) is 13.5. The molecule has 0 aliphatic heterocycles. The van der Waals surface area contributed by atoms with Gasteiger partial charge in [0, 0.05) is 20.2 Å². The molecule has 1 amide bonds. The predicted molar refractivity (Wildman–Crippen MR) is 72.4 cm³/mol. The highest BCUT2D eigenvalue weighted by molar-refractivity contribution is 5.77. The zero-order valence-corrected chi connectivity index (χ0v) is 11.3. The van der Waals surface area contributed by atoms with Gasteiger partial charge in [0.25, 0.3) is 0 Å². The lowest BCUT2D eigenvalue weighted by atomic mass is 10.1. The zero-order valence-electron chi connectivity index (χ0n) is 11.3. The van der Waals surface area contributed by atoms with Crippen molar-refractivity contribution in [2.75, 3.05) is 33.9 Å². The summed E-state index contributed by atoms with van der Waals surface area (Å²) in [6.45, 7) is 1.99. The second-order valence-corrected chi connectivity index (χ2v) is 4.33. The SMILES string of the molecule is COCCNC(=O)CN(C)Cc1cccc(C#N)c1. The van der Waals surface area contributed by atoms with E-state index in [1.54, 1.807) is 13.2 Å². The van der Waals surface area contributed by atoms with Crippen LogP contribution in [0.1, 0.15) is 11.1 Å². The van der Waals surface area contributed by atoms with Crippen molar-refractivity contribution in [3.05, 3.63) is 35.4 Å². The number of amides is 1. The highest BCUT2D eigenvalue weighted by Crippen LogP contribution is 2.06.